The summed E-state index contributed by atoms with van der Waals surface area (Å²) in [5.41, 5.74) is 4.68. The normalized spacial score (nSPS) is 19.9. The Morgan fingerprint density at radius 3 is 2.52 bits per heavy atom. The van der Waals surface area contributed by atoms with E-state index in [4.69, 9.17) is 5.11 Å². The van der Waals surface area contributed by atoms with Gasteiger partial charge in [0.05, 0.1) is 11.4 Å². The quantitative estimate of drug-likeness (QED) is 0.775. The first-order valence-corrected chi connectivity index (χ1v) is 10.6. The monoisotopic (exact) mass is 395 g/mol. The van der Waals surface area contributed by atoms with Gasteiger partial charge in [0.15, 0.2) is 0 Å². The van der Waals surface area contributed by atoms with Crippen molar-refractivity contribution in [1.82, 2.24) is 15.1 Å². The van der Waals surface area contributed by atoms with E-state index in [1.807, 2.05) is 42.8 Å². The molecule has 29 heavy (non-hydrogen) atoms. The van der Waals surface area contributed by atoms with E-state index >= 15 is 0 Å². The van der Waals surface area contributed by atoms with Crippen LogP contribution in [0.4, 0.5) is 0 Å². The topological polar surface area (TPSA) is 84.2 Å². The van der Waals surface area contributed by atoms with Gasteiger partial charge in [-0.1, -0.05) is 19.3 Å². The van der Waals surface area contributed by atoms with E-state index in [1.54, 1.807) is 0 Å². The van der Waals surface area contributed by atoms with Crippen molar-refractivity contribution >= 4 is 11.9 Å². The van der Waals surface area contributed by atoms with Crippen LogP contribution in [-0.2, 0) is 11.2 Å². The molecule has 1 unspecified atom stereocenters. The predicted molar refractivity (Wildman–Crippen MR) is 110 cm³/mol. The molecule has 1 amide bonds. The first-order chi connectivity index (χ1) is 13.9. The van der Waals surface area contributed by atoms with E-state index in [1.165, 1.54) is 32.1 Å². The highest BCUT2D eigenvalue weighted by molar-refractivity contribution is 5.94. The fraction of sp³-hybridized carbons (Fsp3) is 0.522. The second kappa shape index (κ2) is 7.65. The maximum Gasteiger partial charge on any atom is 0.303 e. The number of hydrogen-bond acceptors (Lipinski definition) is 3. The molecule has 1 atom stereocenters. The fourth-order valence-electron chi connectivity index (χ4n) is 4.88. The minimum Gasteiger partial charge on any atom is -0.481 e. The maximum absolute atomic E-state index is 12.7. The lowest BCUT2D eigenvalue weighted by molar-refractivity contribution is -0.136. The Morgan fingerprint density at radius 2 is 1.86 bits per heavy atom. The molecular weight excluding hydrogens is 366 g/mol. The van der Waals surface area contributed by atoms with Gasteiger partial charge in [0.2, 0.25) is 0 Å². The summed E-state index contributed by atoms with van der Waals surface area (Å²) < 4.78 is 1.83. The van der Waals surface area contributed by atoms with Gasteiger partial charge in [-0.05, 0) is 74.8 Å². The summed E-state index contributed by atoms with van der Waals surface area (Å²) in [6, 6.07) is 7.82. The Hall–Kier alpha value is -2.63. The fourth-order valence-corrected chi connectivity index (χ4v) is 4.88. The van der Waals surface area contributed by atoms with Crippen molar-refractivity contribution < 1.29 is 14.7 Å². The van der Waals surface area contributed by atoms with Crippen LogP contribution in [0.5, 0.6) is 0 Å². The van der Waals surface area contributed by atoms with Crippen molar-refractivity contribution in [3.8, 4) is 5.69 Å². The number of carboxylic acid groups (broad SMARTS) is 1. The molecule has 0 radical (unpaired) electrons. The number of nitrogens with one attached hydrogen (secondary N) is 1. The van der Waals surface area contributed by atoms with Gasteiger partial charge in [0.25, 0.3) is 5.91 Å². The van der Waals surface area contributed by atoms with E-state index in [0.717, 1.165) is 29.1 Å². The molecule has 1 aromatic heterocycles. The van der Waals surface area contributed by atoms with Gasteiger partial charge in [-0.25, -0.2) is 4.68 Å². The second-order valence-corrected chi connectivity index (χ2v) is 8.65. The van der Waals surface area contributed by atoms with Crippen LogP contribution in [0, 0.1) is 19.3 Å². The van der Waals surface area contributed by atoms with Crippen LogP contribution < -0.4 is 5.32 Å². The van der Waals surface area contributed by atoms with E-state index in [0.29, 0.717) is 23.4 Å². The van der Waals surface area contributed by atoms with Gasteiger partial charge in [-0.2, -0.15) is 5.10 Å². The van der Waals surface area contributed by atoms with Crippen LogP contribution in [0.25, 0.3) is 5.69 Å². The molecule has 1 spiro atoms. The van der Waals surface area contributed by atoms with Crippen LogP contribution in [-0.4, -0.2) is 32.8 Å². The van der Waals surface area contributed by atoms with Crippen molar-refractivity contribution in [1.29, 1.82) is 0 Å². The van der Waals surface area contributed by atoms with E-state index in [9.17, 15) is 9.59 Å². The van der Waals surface area contributed by atoms with Gasteiger partial charge in [-0.3, -0.25) is 9.59 Å². The molecule has 2 aliphatic carbocycles. The summed E-state index contributed by atoms with van der Waals surface area (Å²) in [5.74, 6) is -0.808. The smallest absolute Gasteiger partial charge is 0.303 e. The number of carboxylic acids is 1. The van der Waals surface area contributed by atoms with Crippen molar-refractivity contribution in [2.75, 3.05) is 0 Å². The van der Waals surface area contributed by atoms with Gasteiger partial charge in [-0.15, -0.1) is 0 Å². The number of rotatable bonds is 6. The Labute approximate surface area is 171 Å². The number of hydrogen-bond donors (Lipinski definition) is 2. The molecule has 0 saturated heterocycles. The van der Waals surface area contributed by atoms with Crippen molar-refractivity contribution in [3.63, 3.8) is 0 Å². The number of benzene rings is 1. The van der Waals surface area contributed by atoms with Crippen LogP contribution in [0.2, 0.25) is 0 Å². The number of carbonyl (C=O) groups excluding carboxylic acids is 1. The molecule has 6 nitrogen and oxygen atoms in total. The van der Waals surface area contributed by atoms with Crippen LogP contribution in [0.15, 0.2) is 24.3 Å². The largest absolute Gasteiger partial charge is 0.481 e. The Kier molecular flexibility index (Phi) is 5.19. The van der Waals surface area contributed by atoms with Crippen LogP contribution >= 0.6 is 0 Å². The number of aryl methyl sites for hydroxylation is 1. The van der Waals surface area contributed by atoms with Gasteiger partial charge in [0.1, 0.15) is 0 Å². The second-order valence-electron chi connectivity index (χ2n) is 8.65. The zero-order chi connectivity index (χ0) is 20.6. The van der Waals surface area contributed by atoms with Crippen LogP contribution in [0.1, 0.15) is 72.3 Å². The third kappa shape index (κ3) is 3.93. The van der Waals surface area contributed by atoms with E-state index < -0.39 is 5.97 Å². The summed E-state index contributed by atoms with van der Waals surface area (Å²) in [4.78, 5) is 23.5. The summed E-state index contributed by atoms with van der Waals surface area (Å²) in [5, 5.41) is 16.7. The molecule has 1 heterocycles. The molecule has 2 N–H and O–H groups in total. The number of aliphatic carboxylic acids is 1. The minimum atomic E-state index is -0.808. The van der Waals surface area contributed by atoms with Crippen LogP contribution in [0.3, 0.4) is 0 Å². The Balaban J connectivity index is 1.43. The number of amides is 1. The predicted octanol–water partition coefficient (Wildman–Crippen LogP) is 3.96. The zero-order valence-electron chi connectivity index (χ0n) is 17.2. The molecule has 154 valence electrons. The van der Waals surface area contributed by atoms with Crippen molar-refractivity contribution in [3.05, 3.63) is 46.8 Å². The Morgan fingerprint density at radius 1 is 1.17 bits per heavy atom. The lowest BCUT2D eigenvalue weighted by atomic mass is 9.86. The molecule has 2 fully saturated rings. The lowest BCUT2D eigenvalue weighted by Crippen LogP contribution is -2.30. The summed E-state index contributed by atoms with van der Waals surface area (Å²) in [6.45, 7) is 3.85. The third-order valence-corrected chi connectivity index (χ3v) is 6.75. The molecule has 2 saturated carbocycles. The van der Waals surface area contributed by atoms with Gasteiger partial charge < -0.3 is 10.4 Å². The molecule has 2 aromatic rings. The maximum atomic E-state index is 12.7. The average Bonchev–Trinajstić information content (AvgIpc) is 3.26. The molecule has 0 bridgehead atoms. The van der Waals surface area contributed by atoms with Gasteiger partial charge in [0, 0.05) is 23.7 Å². The SMILES string of the molecule is Cc1nn(-c2ccc(C(=O)NC3CC34CCCCC4)cc2)c(C)c1CCC(=O)O. The molecule has 1 aromatic carbocycles. The van der Waals surface area contributed by atoms with Crippen molar-refractivity contribution in [2.24, 2.45) is 5.41 Å². The molecule has 4 rings (SSSR count). The number of carbonyl (C=O) groups is 2. The molecule has 0 aliphatic heterocycles. The molecular formula is C23H29N3O3. The highest BCUT2D eigenvalue weighted by atomic mass is 16.4. The summed E-state index contributed by atoms with van der Waals surface area (Å²) in [6.07, 6.45) is 8.09. The first kappa shape index (κ1) is 19.7. The summed E-state index contributed by atoms with van der Waals surface area (Å²) in [7, 11) is 0. The van der Waals surface area contributed by atoms with Crippen molar-refractivity contribution in [2.45, 2.75) is 71.3 Å². The first-order valence-electron chi connectivity index (χ1n) is 10.6. The summed E-state index contributed by atoms with van der Waals surface area (Å²) >= 11 is 0. The zero-order valence-corrected chi connectivity index (χ0v) is 17.2. The number of nitrogens with zero attached hydrogens (tertiary/aromatic N) is 2. The lowest BCUT2D eigenvalue weighted by Gasteiger charge is -2.22. The molecule has 6 heteroatoms. The van der Waals surface area contributed by atoms with E-state index in [2.05, 4.69) is 10.4 Å². The van der Waals surface area contributed by atoms with E-state index in [-0.39, 0.29) is 12.3 Å². The number of aromatic nitrogens is 2. The Bertz CT molecular complexity index is 924. The average molecular weight is 396 g/mol. The minimum absolute atomic E-state index is 0.000450. The standard InChI is InChI=1S/C23H29N3O3/c1-15-19(10-11-21(27)28)16(2)26(25-15)18-8-6-17(7-9-18)22(29)24-20-14-23(20)12-4-3-5-13-23/h6-9,20H,3-5,10-14H2,1-2H3,(H,24,29)(H,27,28). The third-order valence-electron chi connectivity index (χ3n) is 6.75. The highest BCUT2D eigenvalue weighted by Gasteiger charge is 2.54. The van der Waals surface area contributed by atoms with Gasteiger partial charge >= 0.3 is 5.97 Å². The highest BCUT2D eigenvalue weighted by Crippen LogP contribution is 2.56. The molecule has 2 aliphatic rings.